The van der Waals surface area contributed by atoms with Crippen LogP contribution in [0.4, 0.5) is 0 Å². The van der Waals surface area contributed by atoms with Gasteiger partial charge in [0.25, 0.3) is 0 Å². The van der Waals surface area contributed by atoms with Crippen molar-refractivity contribution in [1.82, 2.24) is 15.0 Å². The molecule has 0 bridgehead atoms. The van der Waals surface area contributed by atoms with Crippen LogP contribution in [0, 0.1) is 0 Å². The maximum atomic E-state index is 12.8. The van der Waals surface area contributed by atoms with E-state index >= 15 is 0 Å². The molecule has 0 aliphatic rings. The molecule has 0 saturated carbocycles. The Bertz CT molecular complexity index is 3290. The summed E-state index contributed by atoms with van der Waals surface area (Å²) in [6.07, 6.45) is 5.02. The van der Waals surface area contributed by atoms with Crippen molar-refractivity contribution in [2.24, 2.45) is 0 Å². The molecule has 330 valence electrons. The third kappa shape index (κ3) is 9.62. The minimum absolute atomic E-state index is 0. The van der Waals surface area contributed by atoms with Crippen LogP contribution in [-0.4, -0.2) is 32.3 Å². The van der Waals surface area contributed by atoms with Crippen molar-refractivity contribution >= 4 is 50.1 Å². The molecule has 12 aromatic rings. The van der Waals surface area contributed by atoms with Crippen LogP contribution < -0.4 is 15.3 Å². The fourth-order valence-corrected chi connectivity index (χ4v) is 8.72. The molecule has 0 aliphatic heterocycles. The van der Waals surface area contributed by atoms with E-state index in [9.17, 15) is 15.3 Å². The second-order valence-electron chi connectivity index (χ2n) is 16.3. The number of aromatic nitrogens is 3. The van der Waals surface area contributed by atoms with Crippen LogP contribution in [0.25, 0.3) is 99.5 Å². The molecular weight excluding hydrogens is 874 g/mol. The van der Waals surface area contributed by atoms with E-state index in [4.69, 9.17) is 0 Å². The van der Waals surface area contributed by atoms with E-state index in [1.807, 2.05) is 200 Å². The second-order valence-corrected chi connectivity index (χ2v) is 16.3. The van der Waals surface area contributed by atoms with Crippen LogP contribution >= 0.6 is 0 Å². The van der Waals surface area contributed by atoms with Gasteiger partial charge in [-0.1, -0.05) is 217 Å². The van der Waals surface area contributed by atoms with Gasteiger partial charge in [0.2, 0.25) is 0 Å². The molecule has 0 aliphatic carbocycles. The smallest absolute Gasteiger partial charge is 0.871 e. The molecule has 6 nitrogen and oxygen atoms in total. The SMILES string of the molecule is [Al+3].[O-]c1c(-c2ccccc2)cc(-c2ccccc2)c2cccnc12.[O-]c1c(-c2ccccc2)cc(-c2ccccc2)c2cccnc12.[O-]c1c(-c2ccccc2)cc(-c2ccccc2)c2cccnc12. The minimum atomic E-state index is -0.0218. The average molecular weight is 916 g/mol. The summed E-state index contributed by atoms with van der Waals surface area (Å²) in [5.74, 6) is -0.0653. The maximum Gasteiger partial charge on any atom is 3.00 e. The monoisotopic (exact) mass is 915 g/mol. The summed E-state index contributed by atoms with van der Waals surface area (Å²) in [7, 11) is 0. The van der Waals surface area contributed by atoms with Crippen molar-refractivity contribution in [2.75, 3.05) is 0 Å². The normalized spacial score (nSPS) is 10.6. The first-order valence-corrected chi connectivity index (χ1v) is 22.6. The standard InChI is InChI=1S/3C21H15NO.Al/c3*23-21-19(16-10-5-2-6-11-16)14-18(15-8-3-1-4-9-15)17-12-7-13-22-20(17)21;/h3*1-14,23H;/q;;;+3/p-3. The molecule has 0 amide bonds. The van der Waals surface area contributed by atoms with Gasteiger partial charge in [-0.05, 0) is 103 Å². The van der Waals surface area contributed by atoms with Crippen molar-refractivity contribution in [3.8, 4) is 84.0 Å². The van der Waals surface area contributed by atoms with Crippen molar-refractivity contribution < 1.29 is 15.3 Å². The molecule has 9 aromatic carbocycles. The molecule has 0 saturated heterocycles. The Morgan fingerprint density at radius 2 is 0.429 bits per heavy atom. The van der Waals surface area contributed by atoms with E-state index in [1.165, 1.54) is 0 Å². The molecule has 12 rings (SSSR count). The average Bonchev–Trinajstić information content (AvgIpc) is 3.43. The first-order valence-electron chi connectivity index (χ1n) is 22.6. The summed E-state index contributed by atoms with van der Waals surface area (Å²) in [6, 6.07) is 77.0. The largest absolute Gasteiger partial charge is 3.00 e. The van der Waals surface area contributed by atoms with Crippen LogP contribution in [0.5, 0.6) is 17.2 Å². The van der Waals surface area contributed by atoms with Crippen LogP contribution in [0.3, 0.4) is 0 Å². The number of nitrogens with zero attached hydrogens (tertiary/aromatic N) is 3. The zero-order valence-corrected chi connectivity index (χ0v) is 39.0. The molecule has 7 heteroatoms. The van der Waals surface area contributed by atoms with E-state index in [0.717, 1.165) is 66.2 Å². The van der Waals surface area contributed by atoms with Crippen LogP contribution in [0.1, 0.15) is 0 Å². The molecule has 0 unspecified atom stereocenters. The molecule has 3 aromatic heterocycles. The zero-order chi connectivity index (χ0) is 46.9. The quantitative estimate of drug-likeness (QED) is 0.154. The van der Waals surface area contributed by atoms with Gasteiger partial charge in [0, 0.05) is 34.7 Å². The molecule has 0 fully saturated rings. The Morgan fingerprint density at radius 1 is 0.229 bits per heavy atom. The van der Waals surface area contributed by atoms with Crippen molar-refractivity contribution in [2.45, 2.75) is 0 Å². The third-order valence-corrected chi connectivity index (χ3v) is 12.0. The number of fused-ring (bicyclic) bond motifs is 3. The first-order chi connectivity index (χ1) is 34.0. The van der Waals surface area contributed by atoms with Gasteiger partial charge in [-0.2, -0.15) is 0 Å². The Kier molecular flexibility index (Phi) is 14.1. The summed E-state index contributed by atoms with van der Waals surface area (Å²) in [4.78, 5) is 13.0. The van der Waals surface area contributed by atoms with E-state index in [0.29, 0.717) is 33.2 Å². The van der Waals surface area contributed by atoms with Gasteiger partial charge in [0.1, 0.15) is 0 Å². The number of rotatable bonds is 6. The van der Waals surface area contributed by atoms with Gasteiger partial charge in [0.15, 0.2) is 0 Å². The predicted octanol–water partition coefficient (Wildman–Crippen LogP) is 13.5. The van der Waals surface area contributed by atoms with Gasteiger partial charge in [-0.25, -0.2) is 0 Å². The Labute approximate surface area is 417 Å². The van der Waals surface area contributed by atoms with E-state index in [-0.39, 0.29) is 34.6 Å². The molecule has 0 atom stereocenters. The molecule has 3 heterocycles. The minimum Gasteiger partial charge on any atom is -0.871 e. The Morgan fingerprint density at radius 3 is 0.643 bits per heavy atom. The van der Waals surface area contributed by atoms with Crippen LogP contribution in [-0.2, 0) is 0 Å². The molecule has 0 N–H and O–H groups in total. The summed E-state index contributed by atoms with van der Waals surface area (Å²) < 4.78 is 0. The van der Waals surface area contributed by atoms with E-state index in [1.54, 1.807) is 18.6 Å². The van der Waals surface area contributed by atoms with Crippen molar-refractivity contribution in [3.05, 3.63) is 255 Å². The fourth-order valence-electron chi connectivity index (χ4n) is 8.72. The number of hydrogen-bond acceptors (Lipinski definition) is 6. The van der Waals surface area contributed by atoms with Crippen LogP contribution in [0.2, 0.25) is 0 Å². The Balaban J connectivity index is 0.000000129. The number of benzene rings is 9. The van der Waals surface area contributed by atoms with Gasteiger partial charge < -0.3 is 15.3 Å². The van der Waals surface area contributed by atoms with Crippen LogP contribution in [0.15, 0.2) is 255 Å². The molecular formula is C63H42AlN3O3. The van der Waals surface area contributed by atoms with Gasteiger partial charge in [0.05, 0.1) is 16.6 Å². The zero-order valence-electron chi connectivity index (χ0n) is 37.9. The van der Waals surface area contributed by atoms with Gasteiger partial charge in [-0.3, -0.25) is 15.0 Å². The summed E-state index contributed by atoms with van der Waals surface area (Å²) in [5, 5.41) is 41.2. The summed E-state index contributed by atoms with van der Waals surface area (Å²) in [6.45, 7) is 0. The van der Waals surface area contributed by atoms with E-state index < -0.39 is 0 Å². The van der Waals surface area contributed by atoms with Gasteiger partial charge in [-0.15, -0.1) is 0 Å². The summed E-state index contributed by atoms with van der Waals surface area (Å²) >= 11 is 0. The second kappa shape index (κ2) is 21.4. The fraction of sp³-hybridized carbons (Fsp3) is 0. The maximum absolute atomic E-state index is 12.8. The first kappa shape index (κ1) is 46.3. The van der Waals surface area contributed by atoms with Gasteiger partial charge >= 0.3 is 17.4 Å². The molecule has 70 heavy (non-hydrogen) atoms. The third-order valence-electron chi connectivity index (χ3n) is 12.0. The van der Waals surface area contributed by atoms with Crippen molar-refractivity contribution in [3.63, 3.8) is 0 Å². The topological polar surface area (TPSA) is 108 Å². The molecule has 0 radical (unpaired) electrons. The number of pyridine rings is 3. The summed E-state index contributed by atoms with van der Waals surface area (Å²) in [5.41, 5.74) is 12.8. The van der Waals surface area contributed by atoms with Crippen molar-refractivity contribution in [1.29, 1.82) is 0 Å². The number of hydrogen-bond donors (Lipinski definition) is 0. The predicted molar refractivity (Wildman–Crippen MR) is 282 cm³/mol. The Hall–Kier alpha value is -8.86. The molecule has 0 spiro atoms. The van der Waals surface area contributed by atoms with E-state index in [2.05, 4.69) is 51.4 Å².